The van der Waals surface area contributed by atoms with Gasteiger partial charge in [-0.1, -0.05) is 11.6 Å². The molecular formula is C11H13ClN2O3. The summed E-state index contributed by atoms with van der Waals surface area (Å²) >= 11 is 5.70. The van der Waals surface area contributed by atoms with Crippen molar-refractivity contribution in [3.05, 3.63) is 23.0 Å². The molecule has 0 radical (unpaired) electrons. The van der Waals surface area contributed by atoms with Crippen molar-refractivity contribution in [3.63, 3.8) is 0 Å². The van der Waals surface area contributed by atoms with Crippen molar-refractivity contribution in [2.24, 2.45) is 5.92 Å². The Balaban J connectivity index is 1.90. The van der Waals surface area contributed by atoms with Crippen LogP contribution in [0.5, 0.6) is 0 Å². The molecule has 0 aliphatic heterocycles. The van der Waals surface area contributed by atoms with Gasteiger partial charge in [-0.3, -0.25) is 9.59 Å². The Morgan fingerprint density at radius 3 is 2.76 bits per heavy atom. The molecule has 17 heavy (non-hydrogen) atoms. The molecule has 1 fully saturated rings. The minimum absolute atomic E-state index is 0.0642. The molecule has 1 heterocycles. The molecule has 2 rings (SSSR count). The van der Waals surface area contributed by atoms with E-state index in [4.69, 9.17) is 16.7 Å². The highest BCUT2D eigenvalue weighted by molar-refractivity contribution is 6.30. The van der Waals surface area contributed by atoms with Crippen molar-refractivity contribution in [3.8, 4) is 0 Å². The number of carbonyl (C=O) groups excluding carboxylic acids is 1. The molecule has 5 nitrogen and oxygen atoms in total. The van der Waals surface area contributed by atoms with Gasteiger partial charge >= 0.3 is 5.97 Å². The number of carboxylic acids is 1. The van der Waals surface area contributed by atoms with Crippen LogP contribution in [0.1, 0.15) is 29.8 Å². The monoisotopic (exact) mass is 256 g/mol. The second kappa shape index (κ2) is 4.79. The molecule has 0 bridgehead atoms. The highest BCUT2D eigenvalue weighted by Gasteiger charge is 2.30. The SMILES string of the molecule is O=C(NC1CCC(C(=O)O)C1)c1cc(Cl)c[nH]1. The number of nitrogens with one attached hydrogen (secondary N) is 2. The summed E-state index contributed by atoms with van der Waals surface area (Å²) in [5.41, 5.74) is 0.397. The van der Waals surface area contributed by atoms with Crippen LogP contribution in [0, 0.1) is 5.92 Å². The van der Waals surface area contributed by atoms with Crippen molar-refractivity contribution in [2.75, 3.05) is 0 Å². The van der Waals surface area contributed by atoms with Gasteiger partial charge in [-0.15, -0.1) is 0 Å². The molecule has 1 aliphatic carbocycles. The van der Waals surface area contributed by atoms with E-state index < -0.39 is 5.97 Å². The highest BCUT2D eigenvalue weighted by Crippen LogP contribution is 2.25. The van der Waals surface area contributed by atoms with Crippen LogP contribution in [0.4, 0.5) is 0 Å². The molecule has 0 spiro atoms. The molecule has 1 aliphatic rings. The first kappa shape index (κ1) is 12.0. The Morgan fingerprint density at radius 1 is 1.47 bits per heavy atom. The lowest BCUT2D eigenvalue weighted by molar-refractivity contribution is -0.141. The maximum absolute atomic E-state index is 11.7. The minimum Gasteiger partial charge on any atom is -0.481 e. The van der Waals surface area contributed by atoms with E-state index in [1.54, 1.807) is 6.07 Å². The number of aliphatic carboxylic acids is 1. The van der Waals surface area contributed by atoms with Crippen LogP contribution in [0.2, 0.25) is 5.02 Å². The van der Waals surface area contributed by atoms with Crippen molar-refractivity contribution in [1.29, 1.82) is 0 Å². The van der Waals surface area contributed by atoms with Crippen LogP contribution < -0.4 is 5.32 Å². The normalized spacial score (nSPS) is 23.6. The number of aromatic amines is 1. The summed E-state index contributed by atoms with van der Waals surface area (Å²) in [6.45, 7) is 0. The predicted molar refractivity (Wildman–Crippen MR) is 62.0 cm³/mol. The Bertz CT molecular complexity index is 444. The standard InChI is InChI=1S/C11H13ClN2O3/c12-7-4-9(13-5-7)10(15)14-8-2-1-6(3-8)11(16)17/h4-6,8,13H,1-3H2,(H,14,15)(H,16,17). The van der Waals surface area contributed by atoms with Crippen LogP contribution >= 0.6 is 11.6 Å². The summed E-state index contributed by atoms with van der Waals surface area (Å²) in [4.78, 5) is 25.3. The van der Waals surface area contributed by atoms with E-state index in [2.05, 4.69) is 10.3 Å². The van der Waals surface area contributed by atoms with E-state index in [9.17, 15) is 9.59 Å². The van der Waals surface area contributed by atoms with E-state index in [0.29, 0.717) is 30.0 Å². The average molecular weight is 257 g/mol. The van der Waals surface area contributed by atoms with Gasteiger partial charge in [0.25, 0.3) is 5.91 Å². The number of amides is 1. The van der Waals surface area contributed by atoms with Gasteiger partial charge in [-0.25, -0.2) is 0 Å². The number of halogens is 1. The lowest BCUT2D eigenvalue weighted by atomic mass is 10.1. The number of carboxylic acid groups (broad SMARTS) is 1. The first-order chi connectivity index (χ1) is 8.06. The van der Waals surface area contributed by atoms with Gasteiger partial charge < -0.3 is 15.4 Å². The van der Waals surface area contributed by atoms with Crippen LogP contribution in [-0.2, 0) is 4.79 Å². The summed E-state index contributed by atoms with van der Waals surface area (Å²) in [6.07, 6.45) is 3.35. The van der Waals surface area contributed by atoms with E-state index in [0.717, 1.165) is 0 Å². The smallest absolute Gasteiger partial charge is 0.306 e. The van der Waals surface area contributed by atoms with E-state index in [-0.39, 0.29) is 17.9 Å². The van der Waals surface area contributed by atoms with Crippen molar-refractivity contribution in [1.82, 2.24) is 10.3 Å². The molecule has 2 atom stereocenters. The number of rotatable bonds is 3. The maximum Gasteiger partial charge on any atom is 0.306 e. The summed E-state index contributed by atoms with van der Waals surface area (Å²) in [5.74, 6) is -1.37. The number of hydrogen-bond acceptors (Lipinski definition) is 2. The molecule has 1 aromatic rings. The second-order valence-electron chi connectivity index (χ2n) is 4.25. The van der Waals surface area contributed by atoms with E-state index in [1.807, 2.05) is 0 Å². The van der Waals surface area contributed by atoms with Gasteiger partial charge in [0.2, 0.25) is 0 Å². The molecule has 0 aromatic carbocycles. The van der Waals surface area contributed by atoms with Crippen LogP contribution in [0.25, 0.3) is 0 Å². The Labute approximate surface area is 103 Å². The number of aromatic nitrogens is 1. The third-order valence-electron chi connectivity index (χ3n) is 3.01. The molecule has 1 aromatic heterocycles. The summed E-state index contributed by atoms with van der Waals surface area (Å²) in [7, 11) is 0. The van der Waals surface area contributed by atoms with Crippen LogP contribution in [0.3, 0.4) is 0 Å². The summed E-state index contributed by atoms with van der Waals surface area (Å²) in [5, 5.41) is 12.1. The summed E-state index contributed by atoms with van der Waals surface area (Å²) in [6, 6.07) is 1.48. The van der Waals surface area contributed by atoms with E-state index >= 15 is 0 Å². The largest absolute Gasteiger partial charge is 0.481 e. The van der Waals surface area contributed by atoms with Gasteiger partial charge in [0.15, 0.2) is 0 Å². The molecule has 2 unspecified atom stereocenters. The molecule has 6 heteroatoms. The second-order valence-corrected chi connectivity index (χ2v) is 4.69. The fourth-order valence-corrected chi connectivity index (χ4v) is 2.26. The predicted octanol–water partition coefficient (Wildman–Crippen LogP) is 1.65. The maximum atomic E-state index is 11.7. The first-order valence-electron chi connectivity index (χ1n) is 5.44. The first-order valence-corrected chi connectivity index (χ1v) is 5.81. The zero-order valence-electron chi connectivity index (χ0n) is 9.07. The molecule has 1 saturated carbocycles. The highest BCUT2D eigenvalue weighted by atomic mass is 35.5. The Hall–Kier alpha value is -1.49. The fraction of sp³-hybridized carbons (Fsp3) is 0.455. The summed E-state index contributed by atoms with van der Waals surface area (Å²) < 4.78 is 0. The molecule has 0 saturated heterocycles. The lowest BCUT2D eigenvalue weighted by Gasteiger charge is -2.11. The van der Waals surface area contributed by atoms with Gasteiger partial charge in [0.1, 0.15) is 5.69 Å². The van der Waals surface area contributed by atoms with Gasteiger partial charge in [-0.05, 0) is 25.3 Å². The Morgan fingerprint density at radius 2 is 2.24 bits per heavy atom. The number of carbonyl (C=O) groups is 2. The van der Waals surface area contributed by atoms with E-state index in [1.165, 1.54) is 6.20 Å². The fourth-order valence-electron chi connectivity index (χ4n) is 2.10. The van der Waals surface area contributed by atoms with Gasteiger partial charge in [0.05, 0.1) is 10.9 Å². The minimum atomic E-state index is -0.787. The molecular weight excluding hydrogens is 244 g/mol. The molecule has 92 valence electrons. The zero-order chi connectivity index (χ0) is 12.4. The lowest BCUT2D eigenvalue weighted by Crippen LogP contribution is -2.33. The number of hydrogen-bond donors (Lipinski definition) is 3. The zero-order valence-corrected chi connectivity index (χ0v) is 9.83. The van der Waals surface area contributed by atoms with Gasteiger partial charge in [0, 0.05) is 12.2 Å². The third-order valence-corrected chi connectivity index (χ3v) is 3.23. The van der Waals surface area contributed by atoms with Crippen molar-refractivity contribution < 1.29 is 14.7 Å². The van der Waals surface area contributed by atoms with Crippen molar-refractivity contribution >= 4 is 23.5 Å². The molecule has 1 amide bonds. The molecule has 3 N–H and O–H groups in total. The third kappa shape index (κ3) is 2.79. The van der Waals surface area contributed by atoms with Crippen molar-refractivity contribution in [2.45, 2.75) is 25.3 Å². The van der Waals surface area contributed by atoms with Crippen LogP contribution in [-0.4, -0.2) is 28.0 Å². The van der Waals surface area contributed by atoms with Gasteiger partial charge in [-0.2, -0.15) is 0 Å². The quantitative estimate of drug-likeness (QED) is 0.769. The topological polar surface area (TPSA) is 82.2 Å². The average Bonchev–Trinajstić information content (AvgIpc) is 2.86. The van der Waals surface area contributed by atoms with Crippen LogP contribution in [0.15, 0.2) is 12.3 Å². The number of H-pyrrole nitrogens is 1. The Kier molecular flexibility index (Phi) is 3.38.